The molecule has 32 heavy (non-hydrogen) atoms. The number of ether oxygens (including phenoxy) is 2. The molecular weight excluding hydrogens is 400 g/mol. The molecule has 0 amide bonds. The van der Waals surface area contributed by atoms with Gasteiger partial charge in [0.15, 0.2) is 0 Å². The summed E-state index contributed by atoms with van der Waals surface area (Å²) in [6.45, 7) is 12.9. The smallest absolute Gasteiger partial charge is 0.338 e. The van der Waals surface area contributed by atoms with Crippen molar-refractivity contribution >= 4 is 11.9 Å². The Morgan fingerprint density at radius 2 is 0.969 bits per heavy atom. The number of hydrogen-bond acceptors (Lipinski definition) is 4. The molecular formula is C28H38O4. The van der Waals surface area contributed by atoms with Gasteiger partial charge in [0.25, 0.3) is 0 Å². The van der Waals surface area contributed by atoms with Gasteiger partial charge in [0, 0.05) is 0 Å². The van der Waals surface area contributed by atoms with E-state index in [1.54, 1.807) is 24.3 Å². The molecule has 0 fully saturated rings. The largest absolute Gasteiger partial charge is 0.458 e. The number of benzene rings is 1. The summed E-state index contributed by atoms with van der Waals surface area (Å²) in [6, 6.07) is 6.35. The molecule has 0 saturated heterocycles. The van der Waals surface area contributed by atoms with E-state index in [0.29, 0.717) is 11.1 Å². The zero-order valence-corrected chi connectivity index (χ0v) is 20.5. The Bertz CT molecular complexity index is 786. The third kappa shape index (κ3) is 12.1. The summed E-state index contributed by atoms with van der Waals surface area (Å²) in [5, 5.41) is 0. The molecule has 0 atom stereocenters. The number of carbonyl (C=O) groups excluding carboxylic acids is 2. The van der Waals surface area contributed by atoms with E-state index < -0.39 is 11.9 Å². The first kappa shape index (κ1) is 27.2. The maximum Gasteiger partial charge on any atom is 0.338 e. The third-order valence-corrected chi connectivity index (χ3v) is 4.83. The molecule has 0 N–H and O–H groups in total. The van der Waals surface area contributed by atoms with Crippen molar-refractivity contribution in [2.24, 2.45) is 0 Å². The Morgan fingerprint density at radius 3 is 1.28 bits per heavy atom. The van der Waals surface area contributed by atoms with E-state index in [1.807, 2.05) is 26.0 Å². The third-order valence-electron chi connectivity index (χ3n) is 4.83. The lowest BCUT2D eigenvalue weighted by Gasteiger charge is -2.06. The summed E-state index contributed by atoms with van der Waals surface area (Å²) in [7, 11) is 0. The minimum Gasteiger partial charge on any atom is -0.458 e. The summed E-state index contributed by atoms with van der Waals surface area (Å²) < 4.78 is 10.6. The van der Waals surface area contributed by atoms with Crippen LogP contribution in [0.3, 0.4) is 0 Å². The van der Waals surface area contributed by atoms with Crippen molar-refractivity contribution in [2.45, 2.75) is 67.2 Å². The molecule has 0 aliphatic carbocycles. The second kappa shape index (κ2) is 15.0. The van der Waals surface area contributed by atoms with E-state index in [2.05, 4.69) is 39.8 Å². The standard InChI is InChI=1S/C28H38O4/c1-21(2)9-7-11-23(5)17-19-31-27(29)25-13-15-26(16-14-25)28(30)32-20-18-24(6)12-8-10-22(3)4/h9-10,13-18H,7-8,11-12,19-20H2,1-6H3/b23-17+,24-18+. The highest BCUT2D eigenvalue weighted by molar-refractivity contribution is 5.93. The van der Waals surface area contributed by atoms with E-state index in [-0.39, 0.29) is 13.2 Å². The average Bonchev–Trinajstić information content (AvgIpc) is 2.73. The van der Waals surface area contributed by atoms with Crippen molar-refractivity contribution in [2.75, 3.05) is 13.2 Å². The van der Waals surface area contributed by atoms with Crippen molar-refractivity contribution < 1.29 is 19.1 Å². The fourth-order valence-corrected chi connectivity index (χ4v) is 2.81. The van der Waals surface area contributed by atoms with Gasteiger partial charge >= 0.3 is 11.9 Å². The van der Waals surface area contributed by atoms with Gasteiger partial charge in [-0.15, -0.1) is 0 Å². The van der Waals surface area contributed by atoms with Gasteiger partial charge in [-0.25, -0.2) is 9.59 Å². The summed E-state index contributed by atoms with van der Waals surface area (Å²) in [4.78, 5) is 24.4. The van der Waals surface area contributed by atoms with Crippen LogP contribution in [0.2, 0.25) is 0 Å². The maximum absolute atomic E-state index is 12.2. The predicted molar refractivity (Wildman–Crippen MR) is 132 cm³/mol. The monoisotopic (exact) mass is 438 g/mol. The summed E-state index contributed by atoms with van der Waals surface area (Å²) >= 11 is 0. The predicted octanol–water partition coefficient (Wildman–Crippen LogP) is 7.39. The Kier molecular flexibility index (Phi) is 12.7. The van der Waals surface area contributed by atoms with Gasteiger partial charge in [-0.2, -0.15) is 0 Å². The summed E-state index contributed by atoms with van der Waals surface area (Å²) in [5.41, 5.74) is 5.81. The van der Waals surface area contributed by atoms with Crippen molar-refractivity contribution in [3.63, 3.8) is 0 Å². The fraction of sp³-hybridized carbons (Fsp3) is 0.429. The van der Waals surface area contributed by atoms with Crippen molar-refractivity contribution in [3.8, 4) is 0 Å². The Morgan fingerprint density at radius 1 is 0.625 bits per heavy atom. The van der Waals surface area contributed by atoms with Crippen LogP contribution in [0, 0.1) is 0 Å². The fourth-order valence-electron chi connectivity index (χ4n) is 2.81. The first-order valence-electron chi connectivity index (χ1n) is 11.2. The van der Waals surface area contributed by atoms with Crippen LogP contribution in [0.1, 0.15) is 87.9 Å². The normalized spacial score (nSPS) is 11.6. The molecule has 1 rings (SSSR count). The lowest BCUT2D eigenvalue weighted by Crippen LogP contribution is -2.08. The molecule has 0 aliphatic rings. The van der Waals surface area contributed by atoms with Gasteiger partial charge in [-0.05, 0) is 104 Å². The molecule has 0 aromatic heterocycles. The van der Waals surface area contributed by atoms with Crippen LogP contribution in [-0.2, 0) is 9.47 Å². The first-order valence-corrected chi connectivity index (χ1v) is 11.2. The second-order valence-electron chi connectivity index (χ2n) is 8.52. The molecule has 174 valence electrons. The minimum absolute atomic E-state index is 0.239. The van der Waals surface area contributed by atoms with Gasteiger partial charge in [-0.1, -0.05) is 34.4 Å². The van der Waals surface area contributed by atoms with E-state index in [4.69, 9.17) is 9.47 Å². The molecule has 1 aromatic carbocycles. The van der Waals surface area contributed by atoms with Crippen LogP contribution in [-0.4, -0.2) is 25.2 Å². The molecule has 0 unspecified atom stereocenters. The van der Waals surface area contributed by atoms with E-state index in [0.717, 1.165) is 25.7 Å². The molecule has 0 bridgehead atoms. The van der Waals surface area contributed by atoms with Crippen LogP contribution in [0.4, 0.5) is 0 Å². The van der Waals surface area contributed by atoms with E-state index in [9.17, 15) is 9.59 Å². The molecule has 0 heterocycles. The molecule has 4 nitrogen and oxygen atoms in total. The summed E-state index contributed by atoms with van der Waals surface area (Å²) in [6.07, 6.45) is 12.1. The van der Waals surface area contributed by atoms with Gasteiger partial charge in [0.1, 0.15) is 13.2 Å². The molecule has 0 saturated carbocycles. The highest BCUT2D eigenvalue weighted by atomic mass is 16.5. The Hall–Kier alpha value is -2.88. The topological polar surface area (TPSA) is 52.6 Å². The van der Waals surface area contributed by atoms with Crippen LogP contribution < -0.4 is 0 Å². The molecule has 0 aliphatic heterocycles. The maximum atomic E-state index is 12.2. The lowest BCUT2D eigenvalue weighted by atomic mass is 10.1. The number of allylic oxidation sites excluding steroid dienone is 6. The van der Waals surface area contributed by atoms with Crippen LogP contribution >= 0.6 is 0 Å². The van der Waals surface area contributed by atoms with Gasteiger partial charge in [-0.3, -0.25) is 0 Å². The van der Waals surface area contributed by atoms with Crippen LogP contribution in [0.15, 0.2) is 70.9 Å². The molecule has 4 heteroatoms. The molecule has 0 spiro atoms. The van der Waals surface area contributed by atoms with Crippen molar-refractivity contribution in [1.29, 1.82) is 0 Å². The van der Waals surface area contributed by atoms with E-state index in [1.165, 1.54) is 22.3 Å². The van der Waals surface area contributed by atoms with Crippen LogP contribution in [0.25, 0.3) is 0 Å². The highest BCUT2D eigenvalue weighted by Gasteiger charge is 2.10. The van der Waals surface area contributed by atoms with Gasteiger partial charge in [0.05, 0.1) is 11.1 Å². The zero-order chi connectivity index (χ0) is 23.9. The first-order chi connectivity index (χ1) is 15.2. The number of rotatable bonds is 12. The number of carbonyl (C=O) groups is 2. The SMILES string of the molecule is CC(C)=CCC/C(C)=C/COC(=O)c1ccc(C(=O)OC/C=C(\C)CCC=C(C)C)cc1. The average molecular weight is 439 g/mol. The van der Waals surface area contributed by atoms with Crippen LogP contribution in [0.5, 0.6) is 0 Å². The quantitative estimate of drug-likeness (QED) is 0.252. The lowest BCUT2D eigenvalue weighted by molar-refractivity contribution is 0.0534. The van der Waals surface area contributed by atoms with Crippen molar-refractivity contribution in [1.82, 2.24) is 0 Å². The highest BCUT2D eigenvalue weighted by Crippen LogP contribution is 2.10. The molecule has 0 radical (unpaired) electrons. The van der Waals surface area contributed by atoms with Crippen molar-refractivity contribution in [3.05, 3.63) is 82.0 Å². The second-order valence-corrected chi connectivity index (χ2v) is 8.52. The summed E-state index contributed by atoms with van der Waals surface area (Å²) in [5.74, 6) is -0.818. The Labute approximate surface area is 193 Å². The van der Waals surface area contributed by atoms with Gasteiger partial charge < -0.3 is 9.47 Å². The zero-order valence-electron chi connectivity index (χ0n) is 20.5. The Balaban J connectivity index is 2.45. The minimum atomic E-state index is -0.409. The van der Waals surface area contributed by atoms with E-state index >= 15 is 0 Å². The number of hydrogen-bond donors (Lipinski definition) is 0. The van der Waals surface area contributed by atoms with Gasteiger partial charge in [0.2, 0.25) is 0 Å². The molecule has 1 aromatic rings. The number of esters is 2.